The first-order valence-corrected chi connectivity index (χ1v) is 4.71. The minimum absolute atomic E-state index is 0.0472. The number of benzene rings is 1. The fourth-order valence-electron chi connectivity index (χ4n) is 1.40. The third kappa shape index (κ3) is 1.53. The molecule has 0 N–H and O–H groups in total. The molecule has 2 rings (SSSR count). The molecule has 0 saturated heterocycles. The SMILES string of the molecule is CC(=O)Cc1oc2ccccc2c1Cl. The maximum absolute atomic E-state index is 10.9. The lowest BCUT2D eigenvalue weighted by Crippen LogP contribution is -1.94. The summed E-state index contributed by atoms with van der Waals surface area (Å²) in [7, 11) is 0. The van der Waals surface area contributed by atoms with Crippen molar-refractivity contribution in [2.75, 3.05) is 0 Å². The molecular formula is C11H9ClO2. The fourth-order valence-corrected chi connectivity index (χ4v) is 1.67. The minimum atomic E-state index is 0.0472. The number of carbonyl (C=O) groups excluding carboxylic acids is 1. The van der Waals surface area contributed by atoms with E-state index in [2.05, 4.69) is 0 Å². The number of ketones is 1. The Kier molecular flexibility index (Phi) is 2.30. The van der Waals surface area contributed by atoms with Crippen molar-refractivity contribution < 1.29 is 9.21 Å². The van der Waals surface area contributed by atoms with Crippen LogP contribution < -0.4 is 0 Å². The summed E-state index contributed by atoms with van der Waals surface area (Å²) < 4.78 is 5.46. The molecule has 0 amide bonds. The lowest BCUT2D eigenvalue weighted by molar-refractivity contribution is -0.116. The van der Waals surface area contributed by atoms with E-state index in [0.29, 0.717) is 10.8 Å². The Labute approximate surface area is 86.5 Å². The zero-order valence-electron chi connectivity index (χ0n) is 7.71. The van der Waals surface area contributed by atoms with Crippen molar-refractivity contribution in [3.05, 3.63) is 35.0 Å². The highest BCUT2D eigenvalue weighted by Gasteiger charge is 2.12. The van der Waals surface area contributed by atoms with Gasteiger partial charge in [0.2, 0.25) is 0 Å². The predicted molar refractivity (Wildman–Crippen MR) is 55.6 cm³/mol. The van der Waals surface area contributed by atoms with E-state index in [9.17, 15) is 4.79 Å². The largest absolute Gasteiger partial charge is 0.459 e. The Morgan fingerprint density at radius 2 is 2.14 bits per heavy atom. The zero-order valence-corrected chi connectivity index (χ0v) is 8.47. The van der Waals surface area contributed by atoms with E-state index in [4.69, 9.17) is 16.0 Å². The highest BCUT2D eigenvalue weighted by atomic mass is 35.5. The summed E-state index contributed by atoms with van der Waals surface area (Å²) in [6, 6.07) is 7.48. The first kappa shape index (κ1) is 9.28. The normalized spacial score (nSPS) is 10.7. The summed E-state index contributed by atoms with van der Waals surface area (Å²) in [5.41, 5.74) is 0.730. The molecule has 0 bridgehead atoms. The van der Waals surface area contributed by atoms with E-state index in [1.807, 2.05) is 24.3 Å². The second-order valence-corrected chi connectivity index (χ2v) is 3.59. The number of hydrogen-bond donors (Lipinski definition) is 0. The van der Waals surface area contributed by atoms with Crippen molar-refractivity contribution in [3.8, 4) is 0 Å². The van der Waals surface area contributed by atoms with Crippen molar-refractivity contribution >= 4 is 28.4 Å². The summed E-state index contributed by atoms with van der Waals surface area (Å²) in [5, 5.41) is 1.42. The molecule has 3 heteroatoms. The summed E-state index contributed by atoms with van der Waals surface area (Å²) >= 11 is 6.06. The number of para-hydroxylation sites is 1. The van der Waals surface area contributed by atoms with Crippen LogP contribution in [-0.2, 0) is 11.2 Å². The Balaban J connectivity index is 2.57. The van der Waals surface area contributed by atoms with E-state index < -0.39 is 0 Å². The van der Waals surface area contributed by atoms with Crippen molar-refractivity contribution in [3.63, 3.8) is 0 Å². The molecule has 72 valence electrons. The van der Waals surface area contributed by atoms with Gasteiger partial charge in [-0.1, -0.05) is 23.7 Å². The van der Waals surface area contributed by atoms with E-state index >= 15 is 0 Å². The summed E-state index contributed by atoms with van der Waals surface area (Å²) in [4.78, 5) is 10.9. The maximum atomic E-state index is 10.9. The minimum Gasteiger partial charge on any atom is -0.459 e. The van der Waals surface area contributed by atoms with Gasteiger partial charge in [0.15, 0.2) is 0 Å². The smallest absolute Gasteiger partial charge is 0.137 e. The average Bonchev–Trinajstić information content (AvgIpc) is 2.44. The Hall–Kier alpha value is -1.28. The van der Waals surface area contributed by atoms with Gasteiger partial charge in [-0.3, -0.25) is 4.79 Å². The van der Waals surface area contributed by atoms with E-state index in [-0.39, 0.29) is 12.2 Å². The van der Waals surface area contributed by atoms with Crippen LogP contribution in [0.25, 0.3) is 11.0 Å². The zero-order chi connectivity index (χ0) is 10.1. The maximum Gasteiger partial charge on any atom is 0.137 e. The quantitative estimate of drug-likeness (QED) is 0.759. The molecule has 1 aromatic carbocycles. The summed E-state index contributed by atoms with van der Waals surface area (Å²) in [6.07, 6.45) is 0.257. The van der Waals surface area contributed by atoms with Crippen LogP contribution in [0.2, 0.25) is 5.02 Å². The number of furan rings is 1. The van der Waals surface area contributed by atoms with Crippen LogP contribution in [0.5, 0.6) is 0 Å². The van der Waals surface area contributed by atoms with Crippen molar-refractivity contribution in [2.24, 2.45) is 0 Å². The predicted octanol–water partition coefficient (Wildman–Crippen LogP) is 3.22. The molecule has 0 saturated carbocycles. The van der Waals surface area contributed by atoms with Gasteiger partial charge in [0.1, 0.15) is 17.1 Å². The molecule has 2 nitrogen and oxygen atoms in total. The van der Waals surface area contributed by atoms with Crippen LogP contribution in [0, 0.1) is 0 Å². The van der Waals surface area contributed by atoms with Crippen molar-refractivity contribution in [1.29, 1.82) is 0 Å². The van der Waals surface area contributed by atoms with Crippen molar-refractivity contribution in [2.45, 2.75) is 13.3 Å². The Morgan fingerprint density at radius 3 is 2.79 bits per heavy atom. The summed E-state index contributed by atoms with van der Waals surface area (Å²) in [5.74, 6) is 0.603. The van der Waals surface area contributed by atoms with Crippen LogP contribution in [0.3, 0.4) is 0 Å². The molecule has 0 radical (unpaired) electrons. The van der Waals surface area contributed by atoms with Crippen LogP contribution in [0.1, 0.15) is 12.7 Å². The number of fused-ring (bicyclic) bond motifs is 1. The molecule has 0 fully saturated rings. The second-order valence-electron chi connectivity index (χ2n) is 3.21. The first-order chi connectivity index (χ1) is 6.68. The first-order valence-electron chi connectivity index (χ1n) is 4.34. The summed E-state index contributed by atoms with van der Waals surface area (Å²) in [6.45, 7) is 1.52. The highest BCUT2D eigenvalue weighted by Crippen LogP contribution is 2.30. The van der Waals surface area contributed by atoms with Gasteiger partial charge in [-0.2, -0.15) is 0 Å². The van der Waals surface area contributed by atoms with Gasteiger partial charge >= 0.3 is 0 Å². The fraction of sp³-hybridized carbons (Fsp3) is 0.182. The number of Topliss-reactive ketones (excluding diaryl/α,β-unsaturated/α-hetero) is 1. The molecule has 2 aromatic rings. The lowest BCUT2D eigenvalue weighted by Gasteiger charge is -1.90. The number of carbonyl (C=O) groups is 1. The van der Waals surface area contributed by atoms with Gasteiger partial charge in [0, 0.05) is 5.39 Å². The molecule has 0 spiro atoms. The third-order valence-electron chi connectivity index (χ3n) is 2.01. The molecule has 0 aliphatic carbocycles. The number of hydrogen-bond acceptors (Lipinski definition) is 2. The van der Waals surface area contributed by atoms with Gasteiger partial charge < -0.3 is 4.42 Å². The highest BCUT2D eigenvalue weighted by molar-refractivity contribution is 6.36. The Bertz CT molecular complexity index is 485. The van der Waals surface area contributed by atoms with Gasteiger partial charge in [-0.15, -0.1) is 0 Å². The number of halogens is 1. The van der Waals surface area contributed by atoms with Crippen LogP contribution >= 0.6 is 11.6 Å². The van der Waals surface area contributed by atoms with E-state index in [0.717, 1.165) is 11.0 Å². The van der Waals surface area contributed by atoms with Crippen molar-refractivity contribution in [1.82, 2.24) is 0 Å². The molecule has 0 atom stereocenters. The molecular weight excluding hydrogens is 200 g/mol. The van der Waals surface area contributed by atoms with Gasteiger partial charge in [0.05, 0.1) is 11.4 Å². The standard InChI is InChI=1S/C11H9ClO2/c1-7(13)6-10-11(12)8-4-2-3-5-9(8)14-10/h2-5H,6H2,1H3. The third-order valence-corrected chi connectivity index (χ3v) is 2.43. The molecule has 0 aliphatic rings. The second kappa shape index (κ2) is 3.46. The van der Waals surface area contributed by atoms with Crippen LogP contribution in [0.4, 0.5) is 0 Å². The van der Waals surface area contributed by atoms with Gasteiger partial charge in [-0.25, -0.2) is 0 Å². The average molecular weight is 209 g/mol. The van der Waals surface area contributed by atoms with Gasteiger partial charge in [-0.05, 0) is 19.1 Å². The van der Waals surface area contributed by atoms with E-state index in [1.54, 1.807) is 0 Å². The monoisotopic (exact) mass is 208 g/mol. The molecule has 0 aliphatic heterocycles. The number of rotatable bonds is 2. The van der Waals surface area contributed by atoms with Crippen LogP contribution in [-0.4, -0.2) is 5.78 Å². The van der Waals surface area contributed by atoms with Crippen LogP contribution in [0.15, 0.2) is 28.7 Å². The molecule has 0 unspecified atom stereocenters. The van der Waals surface area contributed by atoms with Gasteiger partial charge in [0.25, 0.3) is 0 Å². The molecule has 1 aromatic heterocycles. The lowest BCUT2D eigenvalue weighted by atomic mass is 10.2. The Morgan fingerprint density at radius 1 is 1.43 bits per heavy atom. The molecule has 1 heterocycles. The topological polar surface area (TPSA) is 30.2 Å². The van der Waals surface area contributed by atoms with E-state index in [1.165, 1.54) is 6.92 Å². The molecule has 14 heavy (non-hydrogen) atoms.